The van der Waals surface area contributed by atoms with Gasteiger partial charge < -0.3 is 14.5 Å². The average Bonchev–Trinajstić information content (AvgIpc) is 3.05. The van der Waals surface area contributed by atoms with Gasteiger partial charge in [0, 0.05) is 32.3 Å². The molecule has 0 aliphatic carbocycles. The molecule has 1 spiro atoms. The van der Waals surface area contributed by atoms with E-state index in [0.29, 0.717) is 32.6 Å². The second-order valence-corrected chi connectivity index (χ2v) is 6.69. The van der Waals surface area contributed by atoms with Gasteiger partial charge >= 0.3 is 0 Å². The van der Waals surface area contributed by atoms with Crippen LogP contribution in [-0.2, 0) is 20.9 Å². The molecule has 2 amide bonds. The number of morpholine rings is 1. The van der Waals surface area contributed by atoms with Crippen LogP contribution in [-0.4, -0.2) is 70.3 Å². The van der Waals surface area contributed by atoms with Gasteiger partial charge in [-0.3, -0.25) is 14.3 Å². The van der Waals surface area contributed by atoms with Crippen LogP contribution in [0.3, 0.4) is 0 Å². The van der Waals surface area contributed by atoms with Gasteiger partial charge in [-0.2, -0.15) is 5.10 Å². The highest BCUT2D eigenvalue weighted by molar-refractivity contribution is 5.79. The molecule has 2 saturated heterocycles. The van der Waals surface area contributed by atoms with Crippen LogP contribution in [0.2, 0.25) is 0 Å². The molecule has 1 atom stereocenters. The van der Waals surface area contributed by atoms with E-state index in [1.165, 1.54) is 0 Å². The second-order valence-electron chi connectivity index (χ2n) is 6.69. The number of likely N-dealkylation sites (N-methyl/N-ethyl adjacent to an activating group) is 1. The summed E-state index contributed by atoms with van der Waals surface area (Å²) < 4.78 is 7.65. The Hall–Kier alpha value is -1.89. The Morgan fingerprint density at radius 3 is 2.83 bits per heavy atom. The third-order valence-electron chi connectivity index (χ3n) is 4.76. The van der Waals surface area contributed by atoms with E-state index in [1.54, 1.807) is 11.9 Å². The molecular formula is C16H24N4O3. The van der Waals surface area contributed by atoms with Crippen molar-refractivity contribution >= 4 is 11.8 Å². The smallest absolute Gasteiger partial charge is 0.248 e. The summed E-state index contributed by atoms with van der Waals surface area (Å²) in [6.45, 7) is 6.49. The zero-order valence-corrected chi connectivity index (χ0v) is 14.0. The van der Waals surface area contributed by atoms with Crippen LogP contribution in [0.5, 0.6) is 0 Å². The number of carbonyl (C=O) groups is 2. The van der Waals surface area contributed by atoms with Crippen LogP contribution >= 0.6 is 0 Å². The minimum atomic E-state index is -0.378. The number of amides is 2. The molecule has 0 aromatic carbocycles. The molecule has 2 aliphatic heterocycles. The van der Waals surface area contributed by atoms with Crippen molar-refractivity contribution in [2.45, 2.75) is 38.8 Å². The van der Waals surface area contributed by atoms with E-state index >= 15 is 0 Å². The van der Waals surface area contributed by atoms with Gasteiger partial charge in [0.1, 0.15) is 12.2 Å². The molecule has 1 aromatic rings. The number of aryl methyl sites for hydroxylation is 3. The molecule has 3 heterocycles. The molecule has 0 radical (unpaired) electrons. The van der Waals surface area contributed by atoms with E-state index in [0.717, 1.165) is 17.8 Å². The van der Waals surface area contributed by atoms with Crippen LogP contribution in [0.4, 0.5) is 0 Å². The first-order chi connectivity index (χ1) is 10.9. The predicted octanol–water partition coefficient (Wildman–Crippen LogP) is 0.350. The van der Waals surface area contributed by atoms with Crippen molar-refractivity contribution in [2.75, 3.05) is 33.3 Å². The third kappa shape index (κ3) is 3.24. The molecule has 0 unspecified atom stereocenters. The van der Waals surface area contributed by atoms with Crippen molar-refractivity contribution < 1.29 is 14.3 Å². The number of nitrogens with zero attached hydrogens (tertiary/aromatic N) is 4. The molecule has 1 aromatic heterocycles. The maximum atomic E-state index is 12.5. The molecule has 0 bridgehead atoms. The molecule has 3 rings (SSSR count). The maximum absolute atomic E-state index is 12.5. The lowest BCUT2D eigenvalue weighted by molar-refractivity contribution is -0.159. The fraction of sp³-hybridized carbons (Fsp3) is 0.688. The van der Waals surface area contributed by atoms with Crippen LogP contribution in [0, 0.1) is 13.8 Å². The average molecular weight is 320 g/mol. The quantitative estimate of drug-likeness (QED) is 0.806. The van der Waals surface area contributed by atoms with Gasteiger partial charge in [0.25, 0.3) is 0 Å². The van der Waals surface area contributed by atoms with Crippen LogP contribution in [0.15, 0.2) is 6.07 Å². The zero-order valence-electron chi connectivity index (χ0n) is 14.0. The van der Waals surface area contributed by atoms with Crippen molar-refractivity contribution in [1.29, 1.82) is 0 Å². The molecule has 0 N–H and O–H groups in total. The monoisotopic (exact) mass is 320 g/mol. The lowest BCUT2D eigenvalue weighted by Gasteiger charge is -2.38. The van der Waals surface area contributed by atoms with Crippen LogP contribution in [0.1, 0.15) is 24.2 Å². The van der Waals surface area contributed by atoms with Gasteiger partial charge in [0.05, 0.1) is 18.8 Å². The molecule has 2 aliphatic rings. The summed E-state index contributed by atoms with van der Waals surface area (Å²) in [6, 6.07) is 2.01. The fourth-order valence-electron chi connectivity index (χ4n) is 3.46. The highest BCUT2D eigenvalue weighted by atomic mass is 16.5. The Morgan fingerprint density at radius 2 is 2.17 bits per heavy atom. The Balaban J connectivity index is 1.55. The summed E-state index contributed by atoms with van der Waals surface area (Å²) in [6.07, 6.45) is 1.23. The third-order valence-corrected chi connectivity index (χ3v) is 4.76. The standard InChI is InChI=1S/C16H24N4O3/c1-12-8-13(2)20(17-12)6-4-14(21)19-7-5-16(11-19)10-18(3)15(22)9-23-16/h8H,4-7,9-11H2,1-3H3/t16-/m0/s1. The number of ether oxygens (including phenoxy) is 1. The summed E-state index contributed by atoms with van der Waals surface area (Å²) in [4.78, 5) is 27.6. The Kier molecular flexibility index (Phi) is 4.14. The predicted molar refractivity (Wildman–Crippen MR) is 83.8 cm³/mol. The van der Waals surface area contributed by atoms with Crippen molar-refractivity contribution in [2.24, 2.45) is 0 Å². The molecule has 7 heteroatoms. The summed E-state index contributed by atoms with van der Waals surface area (Å²) in [5.41, 5.74) is 1.67. The normalized spacial score (nSPS) is 24.7. The van der Waals surface area contributed by atoms with Gasteiger partial charge in [-0.05, 0) is 26.3 Å². The summed E-state index contributed by atoms with van der Waals surface area (Å²) in [5, 5.41) is 4.39. The lowest BCUT2D eigenvalue weighted by Crippen LogP contribution is -2.54. The van der Waals surface area contributed by atoms with Crippen molar-refractivity contribution in [1.82, 2.24) is 19.6 Å². The number of rotatable bonds is 3. The number of aromatic nitrogens is 2. The fourth-order valence-corrected chi connectivity index (χ4v) is 3.46. The van der Waals surface area contributed by atoms with Crippen LogP contribution < -0.4 is 0 Å². The van der Waals surface area contributed by atoms with Gasteiger partial charge in [-0.1, -0.05) is 0 Å². The SMILES string of the molecule is Cc1cc(C)n(CCC(=O)N2CC[C@]3(CN(C)C(=O)CO3)C2)n1. The largest absolute Gasteiger partial charge is 0.361 e. The minimum Gasteiger partial charge on any atom is -0.361 e. The molecule has 0 saturated carbocycles. The Labute approximate surface area is 136 Å². The van der Waals surface area contributed by atoms with Gasteiger partial charge in [0.15, 0.2) is 0 Å². The number of carbonyl (C=O) groups excluding carboxylic acids is 2. The van der Waals surface area contributed by atoms with Crippen LogP contribution in [0.25, 0.3) is 0 Å². The van der Waals surface area contributed by atoms with Crippen molar-refractivity contribution in [3.05, 3.63) is 17.5 Å². The number of likely N-dealkylation sites (tertiary alicyclic amines) is 1. The molecule has 7 nitrogen and oxygen atoms in total. The highest BCUT2D eigenvalue weighted by Gasteiger charge is 2.45. The maximum Gasteiger partial charge on any atom is 0.248 e. The molecular weight excluding hydrogens is 296 g/mol. The number of hydrogen-bond donors (Lipinski definition) is 0. The van der Waals surface area contributed by atoms with Crippen molar-refractivity contribution in [3.8, 4) is 0 Å². The summed E-state index contributed by atoms with van der Waals surface area (Å²) in [7, 11) is 1.79. The van der Waals surface area contributed by atoms with E-state index in [1.807, 2.05) is 29.5 Å². The molecule has 2 fully saturated rings. The molecule has 126 valence electrons. The topological polar surface area (TPSA) is 67.7 Å². The first-order valence-corrected chi connectivity index (χ1v) is 8.05. The van der Waals surface area contributed by atoms with Gasteiger partial charge in [0.2, 0.25) is 11.8 Å². The second kappa shape index (κ2) is 5.96. The van der Waals surface area contributed by atoms with Crippen molar-refractivity contribution in [3.63, 3.8) is 0 Å². The van der Waals surface area contributed by atoms with E-state index in [4.69, 9.17) is 4.74 Å². The Bertz CT molecular complexity index is 627. The van der Waals surface area contributed by atoms with Gasteiger partial charge in [-0.15, -0.1) is 0 Å². The first-order valence-electron chi connectivity index (χ1n) is 8.05. The summed E-state index contributed by atoms with van der Waals surface area (Å²) in [5.74, 6) is 0.127. The number of hydrogen-bond acceptors (Lipinski definition) is 4. The summed E-state index contributed by atoms with van der Waals surface area (Å²) >= 11 is 0. The zero-order chi connectivity index (χ0) is 16.6. The van der Waals surface area contributed by atoms with E-state index in [9.17, 15) is 9.59 Å². The first kappa shape index (κ1) is 16.0. The highest BCUT2D eigenvalue weighted by Crippen LogP contribution is 2.29. The van der Waals surface area contributed by atoms with E-state index in [-0.39, 0.29) is 24.0 Å². The van der Waals surface area contributed by atoms with Gasteiger partial charge in [-0.25, -0.2) is 0 Å². The Morgan fingerprint density at radius 1 is 1.39 bits per heavy atom. The van der Waals surface area contributed by atoms with E-state index < -0.39 is 0 Å². The lowest BCUT2D eigenvalue weighted by atomic mass is 10.0. The minimum absolute atomic E-state index is 0.00456. The molecule has 23 heavy (non-hydrogen) atoms. The van der Waals surface area contributed by atoms with E-state index in [2.05, 4.69) is 5.10 Å².